The van der Waals surface area contributed by atoms with Crippen LogP contribution in [0.5, 0.6) is 23.0 Å². The number of hydrogen-bond acceptors (Lipinski definition) is 5. The van der Waals surface area contributed by atoms with Gasteiger partial charge in [0.15, 0.2) is 18.3 Å². The summed E-state index contributed by atoms with van der Waals surface area (Å²) >= 11 is 0. The lowest BCUT2D eigenvalue weighted by atomic mass is 10.2. The van der Waals surface area contributed by atoms with E-state index in [1.54, 1.807) is 26.4 Å². The third-order valence-corrected chi connectivity index (χ3v) is 4.02. The van der Waals surface area contributed by atoms with E-state index in [1.165, 1.54) is 0 Å². The molecule has 0 saturated carbocycles. The van der Waals surface area contributed by atoms with Crippen LogP contribution in [0.25, 0.3) is 0 Å². The molecule has 0 heterocycles. The largest absolute Gasteiger partial charge is 0.490 e. The summed E-state index contributed by atoms with van der Waals surface area (Å²) in [7, 11) is 3.17. The van der Waals surface area contributed by atoms with Gasteiger partial charge >= 0.3 is 0 Å². The van der Waals surface area contributed by atoms with Gasteiger partial charge in [0.1, 0.15) is 19.0 Å². The van der Waals surface area contributed by atoms with Crippen molar-refractivity contribution < 1.29 is 23.7 Å². The first-order valence-corrected chi connectivity index (χ1v) is 8.97. The SMILES string of the molecule is COCOc1cc(OCc2ccccc2)c(OC)c(OCc2ccccc2)c1. The molecule has 5 nitrogen and oxygen atoms in total. The highest BCUT2D eigenvalue weighted by Gasteiger charge is 2.16. The van der Waals surface area contributed by atoms with E-state index in [4.69, 9.17) is 23.7 Å². The molecule has 0 aromatic heterocycles. The Kier molecular flexibility index (Phi) is 7.15. The lowest BCUT2D eigenvalue weighted by Gasteiger charge is -2.17. The fourth-order valence-electron chi connectivity index (χ4n) is 2.65. The van der Waals surface area contributed by atoms with Crippen molar-refractivity contribution in [3.8, 4) is 23.0 Å². The normalized spacial score (nSPS) is 10.4. The van der Waals surface area contributed by atoms with Crippen LogP contribution in [0, 0.1) is 0 Å². The van der Waals surface area contributed by atoms with Crippen LogP contribution in [0.4, 0.5) is 0 Å². The van der Waals surface area contributed by atoms with Crippen LogP contribution in [-0.4, -0.2) is 21.0 Å². The summed E-state index contributed by atoms with van der Waals surface area (Å²) in [4.78, 5) is 0. The summed E-state index contributed by atoms with van der Waals surface area (Å²) in [5.41, 5.74) is 2.11. The first-order valence-electron chi connectivity index (χ1n) is 8.97. The molecule has 5 heteroatoms. The minimum absolute atomic E-state index is 0.128. The first kappa shape index (κ1) is 19.6. The Morgan fingerprint density at radius 3 is 1.57 bits per heavy atom. The number of hydrogen-bond donors (Lipinski definition) is 0. The Bertz CT molecular complexity index is 785. The highest BCUT2D eigenvalue weighted by atomic mass is 16.7. The van der Waals surface area contributed by atoms with Crippen LogP contribution in [0.3, 0.4) is 0 Å². The van der Waals surface area contributed by atoms with Gasteiger partial charge in [0.2, 0.25) is 5.75 Å². The fraction of sp³-hybridized carbons (Fsp3) is 0.217. The molecule has 146 valence electrons. The van der Waals surface area contributed by atoms with Crippen molar-refractivity contribution in [2.45, 2.75) is 13.2 Å². The molecular weight excluding hydrogens is 356 g/mol. The minimum Gasteiger partial charge on any atom is -0.490 e. The van der Waals surface area contributed by atoms with Gasteiger partial charge < -0.3 is 23.7 Å². The van der Waals surface area contributed by atoms with E-state index in [-0.39, 0.29) is 6.79 Å². The highest BCUT2D eigenvalue weighted by Crippen LogP contribution is 2.42. The van der Waals surface area contributed by atoms with E-state index >= 15 is 0 Å². The van der Waals surface area contributed by atoms with Crippen LogP contribution in [0.1, 0.15) is 11.1 Å². The third kappa shape index (κ3) is 5.41. The third-order valence-electron chi connectivity index (χ3n) is 4.02. The number of methoxy groups -OCH3 is 2. The second-order valence-electron chi connectivity index (χ2n) is 6.05. The molecule has 3 rings (SSSR count). The molecule has 0 saturated heterocycles. The maximum atomic E-state index is 6.00. The monoisotopic (exact) mass is 380 g/mol. The van der Waals surface area contributed by atoms with Crippen molar-refractivity contribution in [2.24, 2.45) is 0 Å². The number of rotatable bonds is 10. The molecule has 0 atom stereocenters. The average molecular weight is 380 g/mol. The minimum atomic E-state index is 0.128. The standard InChI is InChI=1S/C23H24O5/c1-24-17-28-20-13-21(26-15-18-9-5-3-6-10-18)23(25-2)22(14-20)27-16-19-11-7-4-8-12-19/h3-14H,15-17H2,1-2H3. The summed E-state index contributed by atoms with van der Waals surface area (Å²) in [6.45, 7) is 0.939. The smallest absolute Gasteiger partial charge is 0.203 e. The predicted molar refractivity (Wildman–Crippen MR) is 107 cm³/mol. The van der Waals surface area contributed by atoms with E-state index in [2.05, 4.69) is 0 Å². The molecule has 0 unspecified atom stereocenters. The van der Waals surface area contributed by atoms with Crippen molar-refractivity contribution >= 4 is 0 Å². The van der Waals surface area contributed by atoms with Crippen molar-refractivity contribution in [2.75, 3.05) is 21.0 Å². The van der Waals surface area contributed by atoms with Gasteiger partial charge in [-0.05, 0) is 11.1 Å². The Balaban J connectivity index is 1.83. The molecule has 28 heavy (non-hydrogen) atoms. The molecule has 0 N–H and O–H groups in total. The van der Waals surface area contributed by atoms with E-state index in [1.807, 2.05) is 60.7 Å². The maximum absolute atomic E-state index is 6.00. The molecule has 0 aliphatic heterocycles. The lowest BCUT2D eigenvalue weighted by molar-refractivity contribution is 0.0506. The molecular formula is C23H24O5. The van der Waals surface area contributed by atoms with Gasteiger partial charge in [-0.1, -0.05) is 60.7 Å². The Morgan fingerprint density at radius 2 is 1.14 bits per heavy atom. The zero-order chi connectivity index (χ0) is 19.6. The Morgan fingerprint density at radius 1 is 0.643 bits per heavy atom. The van der Waals surface area contributed by atoms with Crippen molar-refractivity contribution in [1.82, 2.24) is 0 Å². The van der Waals surface area contributed by atoms with Gasteiger partial charge in [0.05, 0.1) is 7.11 Å². The molecule has 3 aromatic carbocycles. The van der Waals surface area contributed by atoms with Gasteiger partial charge in [-0.2, -0.15) is 0 Å². The van der Waals surface area contributed by atoms with Crippen LogP contribution < -0.4 is 18.9 Å². The zero-order valence-corrected chi connectivity index (χ0v) is 16.1. The summed E-state index contributed by atoms with van der Waals surface area (Å²) in [6.07, 6.45) is 0. The van der Waals surface area contributed by atoms with Crippen LogP contribution in [0.15, 0.2) is 72.8 Å². The Hall–Kier alpha value is -3.18. The van der Waals surface area contributed by atoms with Gasteiger partial charge in [0.25, 0.3) is 0 Å². The quantitative estimate of drug-likeness (QED) is 0.471. The molecule has 0 spiro atoms. The van der Waals surface area contributed by atoms with Gasteiger partial charge in [0, 0.05) is 19.2 Å². The highest BCUT2D eigenvalue weighted by molar-refractivity contribution is 5.56. The predicted octanol–water partition coefficient (Wildman–Crippen LogP) is 4.84. The second kappa shape index (κ2) is 10.2. The molecule has 0 bridgehead atoms. The first-order chi connectivity index (χ1) is 13.8. The maximum Gasteiger partial charge on any atom is 0.203 e. The van der Waals surface area contributed by atoms with Crippen molar-refractivity contribution in [1.29, 1.82) is 0 Å². The van der Waals surface area contributed by atoms with E-state index in [0.29, 0.717) is 36.2 Å². The number of ether oxygens (including phenoxy) is 5. The van der Waals surface area contributed by atoms with Crippen LogP contribution in [0.2, 0.25) is 0 Å². The Labute approximate surface area is 165 Å². The van der Waals surface area contributed by atoms with Gasteiger partial charge in [-0.25, -0.2) is 0 Å². The summed E-state index contributed by atoms with van der Waals surface area (Å²) in [5, 5.41) is 0. The van der Waals surface area contributed by atoms with Gasteiger partial charge in [-0.15, -0.1) is 0 Å². The van der Waals surface area contributed by atoms with E-state index < -0.39 is 0 Å². The molecule has 0 amide bonds. The molecule has 0 aliphatic carbocycles. The molecule has 0 radical (unpaired) electrons. The van der Waals surface area contributed by atoms with Crippen LogP contribution >= 0.6 is 0 Å². The zero-order valence-electron chi connectivity index (χ0n) is 16.1. The lowest BCUT2D eigenvalue weighted by Crippen LogP contribution is -2.04. The summed E-state index contributed by atoms with van der Waals surface area (Å²) < 4.78 is 28.2. The topological polar surface area (TPSA) is 46.2 Å². The second-order valence-corrected chi connectivity index (χ2v) is 6.05. The fourth-order valence-corrected chi connectivity index (χ4v) is 2.65. The number of benzene rings is 3. The van der Waals surface area contributed by atoms with Crippen molar-refractivity contribution in [3.05, 3.63) is 83.9 Å². The average Bonchev–Trinajstić information content (AvgIpc) is 2.76. The van der Waals surface area contributed by atoms with E-state index in [9.17, 15) is 0 Å². The van der Waals surface area contributed by atoms with E-state index in [0.717, 1.165) is 11.1 Å². The summed E-state index contributed by atoms with van der Waals surface area (Å²) in [6, 6.07) is 23.4. The van der Waals surface area contributed by atoms with Crippen LogP contribution in [-0.2, 0) is 18.0 Å². The summed E-state index contributed by atoms with van der Waals surface area (Å²) in [5.74, 6) is 2.19. The van der Waals surface area contributed by atoms with Gasteiger partial charge in [-0.3, -0.25) is 0 Å². The molecule has 0 fully saturated rings. The molecule has 0 aliphatic rings. The van der Waals surface area contributed by atoms with Crippen molar-refractivity contribution in [3.63, 3.8) is 0 Å². The molecule has 3 aromatic rings.